The fourth-order valence-corrected chi connectivity index (χ4v) is 3.73. The van der Waals surface area contributed by atoms with Gasteiger partial charge in [-0.1, -0.05) is 15.9 Å². The van der Waals surface area contributed by atoms with E-state index in [9.17, 15) is 14.7 Å². The number of carboxylic acid groups (broad SMARTS) is 1. The fraction of sp³-hybridized carbons (Fsp3) is 0.429. The molecule has 2 rings (SSSR count). The Hall–Kier alpha value is -1.08. The lowest BCUT2D eigenvalue weighted by Gasteiger charge is -2.27. The van der Waals surface area contributed by atoms with Gasteiger partial charge in [0.25, 0.3) is 0 Å². The number of aliphatic carboxylic acids is 1. The van der Waals surface area contributed by atoms with Gasteiger partial charge in [0.05, 0.1) is 5.69 Å². The average molecular weight is 421 g/mol. The normalized spacial score (nSPS) is 17.6. The van der Waals surface area contributed by atoms with Gasteiger partial charge in [-0.25, -0.2) is 9.59 Å². The highest BCUT2D eigenvalue weighted by atomic mass is 79.9. The molecule has 0 fully saturated rings. The van der Waals surface area contributed by atoms with Gasteiger partial charge in [-0.15, -0.1) is 0 Å². The third kappa shape index (κ3) is 3.40. The van der Waals surface area contributed by atoms with Crippen molar-refractivity contribution in [3.8, 4) is 0 Å². The maximum Gasteiger partial charge on any atom is 0.415 e. The molecule has 1 unspecified atom stereocenters. The molecule has 0 saturated carbocycles. The number of hydrogen-bond donors (Lipinski definition) is 1. The first-order valence-corrected chi connectivity index (χ1v) is 7.91. The number of carbonyl (C=O) groups is 2. The predicted molar refractivity (Wildman–Crippen MR) is 85.7 cm³/mol. The molecule has 1 aromatic rings. The summed E-state index contributed by atoms with van der Waals surface area (Å²) in [5, 5.41) is 9.39. The molecule has 0 aromatic heterocycles. The lowest BCUT2D eigenvalue weighted by atomic mass is 10.1. The van der Waals surface area contributed by atoms with Crippen LogP contribution in [0, 0.1) is 0 Å². The Bertz CT molecular complexity index is 610. The van der Waals surface area contributed by atoms with Crippen LogP contribution in [0.2, 0.25) is 0 Å². The topological polar surface area (TPSA) is 66.8 Å². The van der Waals surface area contributed by atoms with Gasteiger partial charge in [0, 0.05) is 15.4 Å². The standard InChI is InChI=1S/C14H15Br2NO4/c1-14(2,3)21-13(20)17-10(12(18)19)5-7-4-8(15)6-9(16)11(7)17/h4,6,10H,5H2,1-3H3,(H,18,19). The van der Waals surface area contributed by atoms with Crippen molar-refractivity contribution < 1.29 is 19.4 Å². The van der Waals surface area contributed by atoms with E-state index >= 15 is 0 Å². The maximum absolute atomic E-state index is 12.4. The summed E-state index contributed by atoms with van der Waals surface area (Å²) in [7, 11) is 0. The van der Waals surface area contributed by atoms with E-state index in [1.807, 2.05) is 6.07 Å². The zero-order valence-electron chi connectivity index (χ0n) is 11.8. The van der Waals surface area contributed by atoms with Crippen molar-refractivity contribution in [2.45, 2.75) is 38.8 Å². The summed E-state index contributed by atoms with van der Waals surface area (Å²) < 4.78 is 6.81. The second-order valence-corrected chi connectivity index (χ2v) is 7.57. The van der Waals surface area contributed by atoms with Gasteiger partial charge in [-0.05, 0) is 54.4 Å². The molecule has 0 spiro atoms. The summed E-state index contributed by atoms with van der Waals surface area (Å²) in [5.41, 5.74) is 0.652. The first-order chi connectivity index (χ1) is 9.60. The van der Waals surface area contributed by atoms with Crippen LogP contribution in [0.15, 0.2) is 21.1 Å². The number of fused-ring (bicyclic) bond motifs is 1. The Kier molecular flexibility index (Phi) is 4.35. The predicted octanol–water partition coefficient (Wildman–Crippen LogP) is 3.96. The van der Waals surface area contributed by atoms with Crippen molar-refractivity contribution in [1.82, 2.24) is 0 Å². The number of rotatable bonds is 1. The molecule has 21 heavy (non-hydrogen) atoms. The minimum absolute atomic E-state index is 0.252. The third-order valence-corrected chi connectivity index (χ3v) is 4.01. The number of benzene rings is 1. The molecule has 0 saturated heterocycles. The van der Waals surface area contributed by atoms with Crippen LogP contribution >= 0.6 is 31.9 Å². The van der Waals surface area contributed by atoms with Crippen molar-refractivity contribution in [3.63, 3.8) is 0 Å². The summed E-state index contributed by atoms with van der Waals surface area (Å²) in [5.74, 6) is -1.06. The first kappa shape index (κ1) is 16.3. The molecule has 114 valence electrons. The third-order valence-electron chi connectivity index (χ3n) is 2.95. The highest BCUT2D eigenvalue weighted by Gasteiger charge is 2.42. The second kappa shape index (κ2) is 5.61. The quantitative estimate of drug-likeness (QED) is 0.746. The van der Waals surface area contributed by atoms with Gasteiger partial charge in [-0.3, -0.25) is 4.90 Å². The number of carbonyl (C=O) groups excluding carboxylic acids is 1. The molecular formula is C14H15Br2NO4. The summed E-state index contributed by atoms with van der Waals surface area (Å²) in [4.78, 5) is 25.1. The molecule has 1 amide bonds. The number of anilines is 1. The molecule has 1 aromatic carbocycles. The molecule has 1 atom stereocenters. The first-order valence-electron chi connectivity index (χ1n) is 6.33. The number of nitrogens with zero attached hydrogens (tertiary/aromatic N) is 1. The van der Waals surface area contributed by atoms with Crippen LogP contribution in [0.5, 0.6) is 0 Å². The summed E-state index contributed by atoms with van der Waals surface area (Å²) >= 11 is 6.76. The number of ether oxygens (including phenoxy) is 1. The minimum atomic E-state index is -1.06. The summed E-state index contributed by atoms with van der Waals surface area (Å²) in [6, 6.07) is 2.64. The van der Waals surface area contributed by atoms with Crippen molar-refractivity contribution in [3.05, 3.63) is 26.6 Å². The highest BCUT2D eigenvalue weighted by Crippen LogP contribution is 2.41. The molecule has 1 aliphatic rings. The molecule has 1 aliphatic heterocycles. The molecule has 7 heteroatoms. The van der Waals surface area contributed by atoms with Crippen LogP contribution in [-0.4, -0.2) is 28.8 Å². The molecule has 1 N–H and O–H groups in total. The van der Waals surface area contributed by atoms with Crippen molar-refractivity contribution >= 4 is 49.6 Å². The Morgan fingerprint density at radius 2 is 1.95 bits per heavy atom. The van der Waals surface area contributed by atoms with Crippen molar-refractivity contribution in [2.24, 2.45) is 0 Å². The summed E-state index contributed by atoms with van der Waals surface area (Å²) in [6.07, 6.45) is -0.404. The number of carboxylic acids is 1. The Labute approximate surface area is 139 Å². The van der Waals surface area contributed by atoms with E-state index in [1.165, 1.54) is 4.90 Å². The average Bonchev–Trinajstić information content (AvgIpc) is 2.65. The SMILES string of the molecule is CC(C)(C)OC(=O)N1c2c(Br)cc(Br)cc2CC1C(=O)O. The lowest BCUT2D eigenvalue weighted by Crippen LogP contribution is -2.45. The number of hydrogen-bond acceptors (Lipinski definition) is 3. The molecule has 0 radical (unpaired) electrons. The monoisotopic (exact) mass is 419 g/mol. The van der Waals surface area contributed by atoms with Crippen LogP contribution < -0.4 is 4.90 Å². The number of amides is 1. The van der Waals surface area contributed by atoms with E-state index in [0.717, 1.165) is 10.0 Å². The highest BCUT2D eigenvalue weighted by molar-refractivity contribution is 9.11. The van der Waals surface area contributed by atoms with E-state index in [-0.39, 0.29) is 6.42 Å². The van der Waals surface area contributed by atoms with E-state index in [4.69, 9.17) is 4.74 Å². The Morgan fingerprint density at radius 1 is 1.33 bits per heavy atom. The maximum atomic E-state index is 12.4. The molecule has 5 nitrogen and oxygen atoms in total. The van der Waals surface area contributed by atoms with Crippen molar-refractivity contribution in [1.29, 1.82) is 0 Å². The molecular weight excluding hydrogens is 406 g/mol. The smallest absolute Gasteiger partial charge is 0.415 e. The van der Waals surface area contributed by atoms with Crippen LogP contribution in [0.3, 0.4) is 0 Å². The van der Waals surface area contributed by atoms with Gasteiger partial charge in [0.15, 0.2) is 0 Å². The Morgan fingerprint density at radius 3 is 2.48 bits per heavy atom. The van der Waals surface area contributed by atoms with Crippen LogP contribution in [0.4, 0.5) is 10.5 Å². The molecule has 0 aliphatic carbocycles. The van der Waals surface area contributed by atoms with Gasteiger partial charge in [0.2, 0.25) is 0 Å². The van der Waals surface area contributed by atoms with E-state index in [1.54, 1.807) is 26.8 Å². The Balaban J connectivity index is 2.47. The van der Waals surface area contributed by atoms with Gasteiger partial charge in [0.1, 0.15) is 11.6 Å². The van der Waals surface area contributed by atoms with Crippen LogP contribution in [0.1, 0.15) is 26.3 Å². The van der Waals surface area contributed by atoms with E-state index in [0.29, 0.717) is 10.2 Å². The van der Waals surface area contributed by atoms with Gasteiger partial charge < -0.3 is 9.84 Å². The van der Waals surface area contributed by atoms with Crippen LogP contribution in [-0.2, 0) is 16.0 Å². The zero-order chi connectivity index (χ0) is 15.9. The second-order valence-electron chi connectivity index (χ2n) is 5.80. The zero-order valence-corrected chi connectivity index (χ0v) is 15.0. The van der Waals surface area contributed by atoms with E-state index < -0.39 is 23.7 Å². The summed E-state index contributed by atoms with van der Waals surface area (Å²) in [6.45, 7) is 5.23. The lowest BCUT2D eigenvalue weighted by molar-refractivity contribution is -0.138. The van der Waals surface area contributed by atoms with Crippen molar-refractivity contribution in [2.75, 3.05) is 4.90 Å². The number of halogens is 2. The molecule has 0 bridgehead atoms. The minimum Gasteiger partial charge on any atom is -0.480 e. The van der Waals surface area contributed by atoms with Gasteiger partial charge in [-0.2, -0.15) is 0 Å². The van der Waals surface area contributed by atoms with Crippen LogP contribution in [0.25, 0.3) is 0 Å². The fourth-order valence-electron chi connectivity index (χ4n) is 2.23. The molecule has 1 heterocycles. The van der Waals surface area contributed by atoms with Gasteiger partial charge >= 0.3 is 12.1 Å². The van der Waals surface area contributed by atoms with E-state index in [2.05, 4.69) is 31.9 Å². The largest absolute Gasteiger partial charge is 0.480 e.